The van der Waals surface area contributed by atoms with Crippen LogP contribution >= 0.6 is 0 Å². The lowest BCUT2D eigenvalue weighted by Crippen LogP contribution is -2.46. The molecule has 0 aliphatic carbocycles. The molecular weight excluding hydrogens is 206 g/mol. The zero-order valence-electron chi connectivity index (χ0n) is 8.55. The highest BCUT2D eigenvalue weighted by Gasteiger charge is 2.21. The monoisotopic (exact) mass is 217 g/mol. The highest BCUT2D eigenvalue weighted by molar-refractivity contribution is 5.83. The van der Waals surface area contributed by atoms with E-state index in [2.05, 4.69) is 10.3 Å². The molecule has 1 fully saturated rings. The summed E-state index contributed by atoms with van der Waals surface area (Å²) in [7, 11) is 0. The molecule has 0 amide bonds. The van der Waals surface area contributed by atoms with Crippen molar-refractivity contribution in [1.82, 2.24) is 14.9 Å². The Morgan fingerprint density at radius 3 is 2.94 bits per heavy atom. The maximum absolute atomic E-state index is 12.1. The van der Waals surface area contributed by atoms with Crippen LogP contribution in [-0.4, -0.2) is 27.7 Å². The second kappa shape index (κ2) is 3.31. The molecule has 0 bridgehead atoms. The highest BCUT2D eigenvalue weighted by atomic mass is 16.3. The molecule has 1 saturated heterocycles. The third-order valence-electron chi connectivity index (χ3n) is 2.94. The van der Waals surface area contributed by atoms with Gasteiger partial charge in [-0.1, -0.05) is 6.07 Å². The first kappa shape index (κ1) is 9.35. The minimum absolute atomic E-state index is 0.00312. The molecular formula is C11H11N3O2. The van der Waals surface area contributed by atoms with Gasteiger partial charge in [0.15, 0.2) is 0 Å². The molecule has 0 saturated carbocycles. The maximum atomic E-state index is 12.1. The smallest absolute Gasteiger partial charge is 0.265 e. The van der Waals surface area contributed by atoms with Crippen molar-refractivity contribution in [3.63, 3.8) is 0 Å². The average molecular weight is 217 g/mol. The van der Waals surface area contributed by atoms with Crippen LogP contribution in [0, 0.1) is 0 Å². The number of aromatic nitrogens is 2. The van der Waals surface area contributed by atoms with Crippen molar-refractivity contribution < 1.29 is 5.11 Å². The Balaban J connectivity index is 2.30. The van der Waals surface area contributed by atoms with E-state index in [4.69, 9.17) is 0 Å². The molecule has 1 aliphatic rings. The van der Waals surface area contributed by atoms with Crippen molar-refractivity contribution in [2.24, 2.45) is 0 Å². The lowest BCUT2D eigenvalue weighted by molar-refractivity contribution is 0.334. The summed E-state index contributed by atoms with van der Waals surface area (Å²) in [6.45, 7) is 1.56. The largest absolute Gasteiger partial charge is 0.507 e. The van der Waals surface area contributed by atoms with Crippen molar-refractivity contribution in [2.75, 3.05) is 13.1 Å². The predicted molar refractivity (Wildman–Crippen MR) is 59.6 cm³/mol. The molecule has 2 heterocycles. The number of fused-ring (bicyclic) bond motifs is 1. The van der Waals surface area contributed by atoms with E-state index in [0.717, 1.165) is 13.1 Å². The number of hydrogen-bond donors (Lipinski definition) is 2. The molecule has 5 heteroatoms. The van der Waals surface area contributed by atoms with Gasteiger partial charge >= 0.3 is 0 Å². The number of phenolic OH excluding ortho intramolecular Hbond substituents is 1. The van der Waals surface area contributed by atoms with Gasteiger partial charge in [-0.05, 0) is 12.1 Å². The van der Waals surface area contributed by atoms with Gasteiger partial charge in [0.1, 0.15) is 11.1 Å². The van der Waals surface area contributed by atoms with Crippen molar-refractivity contribution >= 4 is 10.9 Å². The third kappa shape index (κ3) is 1.22. The first-order valence-corrected chi connectivity index (χ1v) is 5.17. The fraction of sp³-hybridized carbons (Fsp3) is 0.273. The summed E-state index contributed by atoms with van der Waals surface area (Å²) in [6, 6.07) is 5.07. The minimum atomic E-state index is -0.172. The maximum Gasteiger partial charge on any atom is 0.265 e. The van der Waals surface area contributed by atoms with Crippen LogP contribution in [0.2, 0.25) is 0 Å². The van der Waals surface area contributed by atoms with Crippen LogP contribution in [0.15, 0.2) is 29.3 Å². The Hall–Kier alpha value is -1.88. The molecule has 3 rings (SSSR count). The number of nitrogens with zero attached hydrogens (tertiary/aromatic N) is 2. The van der Waals surface area contributed by atoms with Gasteiger partial charge in [0.2, 0.25) is 0 Å². The highest BCUT2D eigenvalue weighted by Crippen LogP contribution is 2.19. The molecule has 1 aromatic carbocycles. The first-order valence-electron chi connectivity index (χ1n) is 5.17. The van der Waals surface area contributed by atoms with Gasteiger partial charge in [-0.25, -0.2) is 4.98 Å². The quantitative estimate of drug-likeness (QED) is 0.718. The van der Waals surface area contributed by atoms with Crippen LogP contribution in [0.1, 0.15) is 6.04 Å². The minimum Gasteiger partial charge on any atom is -0.507 e. The van der Waals surface area contributed by atoms with Gasteiger partial charge in [-0.3, -0.25) is 9.36 Å². The van der Waals surface area contributed by atoms with Crippen LogP contribution < -0.4 is 10.9 Å². The summed E-state index contributed by atoms with van der Waals surface area (Å²) in [5.74, 6) is -0.00312. The van der Waals surface area contributed by atoms with Gasteiger partial charge in [0.25, 0.3) is 5.56 Å². The zero-order chi connectivity index (χ0) is 11.1. The Kier molecular flexibility index (Phi) is 1.94. The molecule has 16 heavy (non-hydrogen) atoms. The Morgan fingerprint density at radius 1 is 1.44 bits per heavy atom. The third-order valence-corrected chi connectivity index (χ3v) is 2.94. The van der Waals surface area contributed by atoms with Crippen molar-refractivity contribution in [2.45, 2.75) is 6.04 Å². The number of aromatic hydroxyl groups is 1. The summed E-state index contributed by atoms with van der Waals surface area (Å²) >= 11 is 0. The van der Waals surface area contributed by atoms with Crippen molar-refractivity contribution in [3.8, 4) is 5.75 Å². The molecule has 0 atom stereocenters. The molecule has 2 N–H and O–H groups in total. The summed E-state index contributed by atoms with van der Waals surface area (Å²) in [5.41, 5.74) is 0.364. The van der Waals surface area contributed by atoms with Gasteiger partial charge in [-0.15, -0.1) is 0 Å². The summed E-state index contributed by atoms with van der Waals surface area (Å²) in [5, 5.41) is 13.1. The van der Waals surface area contributed by atoms with E-state index in [1.807, 2.05) is 0 Å². The Labute approximate surface area is 91.4 Å². The van der Waals surface area contributed by atoms with E-state index in [0.29, 0.717) is 10.9 Å². The second-order valence-electron chi connectivity index (χ2n) is 3.94. The van der Waals surface area contributed by atoms with E-state index in [9.17, 15) is 9.90 Å². The number of rotatable bonds is 1. The van der Waals surface area contributed by atoms with Crippen LogP contribution in [-0.2, 0) is 0 Å². The summed E-state index contributed by atoms with van der Waals surface area (Å²) < 4.78 is 1.58. The molecule has 2 aromatic rings. The number of nitrogens with one attached hydrogen (secondary N) is 1. The lowest BCUT2D eigenvalue weighted by Gasteiger charge is -2.28. The van der Waals surface area contributed by atoms with Gasteiger partial charge in [0, 0.05) is 13.1 Å². The van der Waals surface area contributed by atoms with E-state index in [-0.39, 0.29) is 17.4 Å². The molecule has 0 spiro atoms. The fourth-order valence-electron chi connectivity index (χ4n) is 1.89. The Bertz CT molecular complexity index is 602. The normalized spacial score (nSPS) is 16.2. The lowest BCUT2D eigenvalue weighted by atomic mass is 10.1. The number of benzene rings is 1. The van der Waals surface area contributed by atoms with Crippen LogP contribution in [0.3, 0.4) is 0 Å². The van der Waals surface area contributed by atoms with E-state index < -0.39 is 0 Å². The topological polar surface area (TPSA) is 67.1 Å². The van der Waals surface area contributed by atoms with E-state index in [1.165, 1.54) is 6.07 Å². The second-order valence-corrected chi connectivity index (χ2v) is 3.94. The van der Waals surface area contributed by atoms with Gasteiger partial charge in [-0.2, -0.15) is 0 Å². The summed E-state index contributed by atoms with van der Waals surface area (Å²) in [6.07, 6.45) is 1.55. The van der Waals surface area contributed by atoms with Crippen LogP contribution in [0.4, 0.5) is 0 Å². The zero-order valence-corrected chi connectivity index (χ0v) is 8.55. The molecule has 5 nitrogen and oxygen atoms in total. The van der Waals surface area contributed by atoms with Gasteiger partial charge in [0.05, 0.1) is 17.9 Å². The van der Waals surface area contributed by atoms with E-state index in [1.54, 1.807) is 23.0 Å². The molecule has 1 aliphatic heterocycles. The van der Waals surface area contributed by atoms with Gasteiger partial charge < -0.3 is 10.4 Å². The standard InChI is InChI=1S/C11H11N3O2/c15-9-3-1-2-8-10(9)11(16)14(6-13-8)7-4-12-5-7/h1-3,6-7,12,15H,4-5H2. The van der Waals surface area contributed by atoms with Crippen LogP contribution in [0.25, 0.3) is 10.9 Å². The fourth-order valence-corrected chi connectivity index (χ4v) is 1.89. The van der Waals surface area contributed by atoms with Crippen LogP contribution in [0.5, 0.6) is 5.75 Å². The molecule has 0 unspecified atom stereocenters. The number of phenols is 1. The molecule has 1 aromatic heterocycles. The summed E-state index contributed by atoms with van der Waals surface area (Å²) in [4.78, 5) is 16.3. The van der Waals surface area contributed by atoms with Crippen molar-refractivity contribution in [3.05, 3.63) is 34.9 Å². The SMILES string of the molecule is O=c1c2c(O)cccc2ncn1C1CNC1. The Morgan fingerprint density at radius 2 is 2.25 bits per heavy atom. The number of hydrogen-bond acceptors (Lipinski definition) is 4. The molecule has 82 valence electrons. The van der Waals surface area contributed by atoms with Crippen molar-refractivity contribution in [1.29, 1.82) is 0 Å². The van der Waals surface area contributed by atoms with E-state index >= 15 is 0 Å². The molecule has 0 radical (unpaired) electrons. The first-order chi connectivity index (χ1) is 7.77. The predicted octanol–water partition coefficient (Wildman–Crippen LogP) is 0.246. The average Bonchev–Trinajstić information content (AvgIpc) is 2.19.